The molecule has 1 saturated heterocycles. The number of rotatable bonds is 5. The van der Waals surface area contributed by atoms with Gasteiger partial charge in [-0.1, -0.05) is 23.8 Å². The van der Waals surface area contributed by atoms with Crippen LogP contribution in [0.1, 0.15) is 33.6 Å². The molecule has 3 amide bonds. The number of nitrogens with zero attached hydrogens (tertiary/aromatic N) is 2. The Kier molecular flexibility index (Phi) is 5.69. The number of allylic oxidation sites excluding steroid dienone is 2. The average Bonchev–Trinajstić information content (AvgIpc) is 3.03. The van der Waals surface area contributed by atoms with E-state index in [4.69, 9.17) is 11.6 Å². The summed E-state index contributed by atoms with van der Waals surface area (Å²) in [5.74, 6) is -3.84. The zero-order chi connectivity index (χ0) is 22.1. The number of halogens is 2. The summed E-state index contributed by atoms with van der Waals surface area (Å²) in [5.41, 5.74) is 0.332. The van der Waals surface area contributed by atoms with Gasteiger partial charge in [0.2, 0.25) is 0 Å². The molecule has 6 nitrogen and oxygen atoms in total. The number of benzene rings is 2. The monoisotopic (exact) mass is 440 g/mol. The number of amides is 3. The summed E-state index contributed by atoms with van der Waals surface area (Å²) < 4.78 is 13.2. The summed E-state index contributed by atoms with van der Waals surface area (Å²) in [6.45, 7) is -0.544. The van der Waals surface area contributed by atoms with E-state index in [1.54, 1.807) is 0 Å². The molecule has 8 heteroatoms. The Morgan fingerprint density at radius 2 is 1.42 bits per heavy atom. The Morgan fingerprint density at radius 3 is 1.97 bits per heavy atom. The zero-order valence-corrected chi connectivity index (χ0v) is 17.1. The van der Waals surface area contributed by atoms with E-state index in [1.165, 1.54) is 36.4 Å². The van der Waals surface area contributed by atoms with Gasteiger partial charge in [-0.25, -0.2) is 9.40 Å². The van der Waals surface area contributed by atoms with E-state index >= 15 is 0 Å². The predicted octanol–water partition coefficient (Wildman–Crippen LogP) is 3.67. The van der Waals surface area contributed by atoms with Crippen molar-refractivity contribution >= 4 is 35.1 Å². The molecule has 1 aliphatic carbocycles. The number of imide groups is 1. The Morgan fingerprint density at radius 1 is 0.903 bits per heavy atom. The van der Waals surface area contributed by atoms with Crippen molar-refractivity contribution in [1.82, 2.24) is 10.0 Å². The van der Waals surface area contributed by atoms with Crippen molar-refractivity contribution in [2.75, 3.05) is 6.54 Å². The Balaban J connectivity index is 1.68. The average molecular weight is 441 g/mol. The number of ketones is 1. The molecule has 2 atom stereocenters. The lowest BCUT2D eigenvalue weighted by molar-refractivity contribution is -0.154. The first kappa shape index (κ1) is 20.9. The van der Waals surface area contributed by atoms with Crippen LogP contribution in [0.4, 0.5) is 4.39 Å². The zero-order valence-electron chi connectivity index (χ0n) is 16.3. The lowest BCUT2D eigenvalue weighted by atomic mass is 9.85. The van der Waals surface area contributed by atoms with Gasteiger partial charge >= 0.3 is 0 Å². The second-order valence-electron chi connectivity index (χ2n) is 7.44. The maximum atomic E-state index is 13.3. The number of hydrogen-bond acceptors (Lipinski definition) is 4. The van der Waals surface area contributed by atoms with Crippen LogP contribution in [0, 0.1) is 17.7 Å². The van der Waals surface area contributed by atoms with E-state index in [9.17, 15) is 23.6 Å². The van der Waals surface area contributed by atoms with E-state index in [1.807, 2.05) is 12.2 Å². The molecule has 0 bridgehead atoms. The van der Waals surface area contributed by atoms with Gasteiger partial charge in [0.05, 0.1) is 11.8 Å². The minimum absolute atomic E-state index is 0.161. The molecule has 2 aromatic carbocycles. The fourth-order valence-corrected chi connectivity index (χ4v) is 3.98. The van der Waals surface area contributed by atoms with Crippen LogP contribution in [0.15, 0.2) is 60.7 Å². The molecule has 158 valence electrons. The minimum atomic E-state index is -0.680. The van der Waals surface area contributed by atoms with Crippen molar-refractivity contribution in [1.29, 1.82) is 0 Å². The molecule has 0 saturated carbocycles. The van der Waals surface area contributed by atoms with Crippen molar-refractivity contribution in [3.63, 3.8) is 0 Å². The van der Waals surface area contributed by atoms with Gasteiger partial charge in [0.25, 0.3) is 17.7 Å². The van der Waals surface area contributed by atoms with E-state index in [0.717, 1.165) is 22.2 Å². The van der Waals surface area contributed by atoms with Crippen LogP contribution in [0.3, 0.4) is 0 Å². The summed E-state index contributed by atoms with van der Waals surface area (Å²) in [7, 11) is 0. The molecule has 1 heterocycles. The standard InChI is InChI=1S/C23H18ClFN2O4/c24-16-9-5-15(6-10-16)21(29)26(13-20(28)14-7-11-17(25)12-8-14)27-22(30)18-3-1-2-4-19(18)23(27)31/h1-2,5-12,18-19H,3-4,13H2/t18-,19+. The first-order valence-electron chi connectivity index (χ1n) is 9.75. The van der Waals surface area contributed by atoms with Crippen molar-refractivity contribution < 1.29 is 23.6 Å². The van der Waals surface area contributed by atoms with Crippen LogP contribution in [0.25, 0.3) is 0 Å². The third-order valence-electron chi connectivity index (χ3n) is 5.51. The number of hydrazine groups is 1. The molecule has 0 aromatic heterocycles. The highest BCUT2D eigenvalue weighted by molar-refractivity contribution is 6.30. The van der Waals surface area contributed by atoms with Crippen LogP contribution in [-0.4, -0.2) is 40.1 Å². The number of Topliss-reactive ketones (excluding diaryl/α,β-unsaturated/α-hetero) is 1. The molecule has 1 aliphatic heterocycles. The number of hydrogen-bond donors (Lipinski definition) is 0. The highest BCUT2D eigenvalue weighted by Crippen LogP contribution is 2.36. The normalized spacial score (nSPS) is 20.0. The van der Waals surface area contributed by atoms with Gasteiger partial charge in [-0.3, -0.25) is 19.2 Å². The van der Waals surface area contributed by atoms with Gasteiger partial charge in [0.1, 0.15) is 12.4 Å². The van der Waals surface area contributed by atoms with Gasteiger partial charge in [0.15, 0.2) is 5.78 Å². The smallest absolute Gasteiger partial charge is 0.273 e. The third kappa shape index (κ3) is 4.01. The molecule has 0 spiro atoms. The number of fused-ring (bicyclic) bond motifs is 1. The molecule has 31 heavy (non-hydrogen) atoms. The fraction of sp³-hybridized carbons (Fsp3) is 0.217. The van der Waals surface area contributed by atoms with Gasteiger partial charge in [-0.2, -0.15) is 5.01 Å². The SMILES string of the molecule is O=C(CN(C(=O)c1ccc(Cl)cc1)N1C(=O)[C@H]2CC=CC[C@H]2C1=O)c1ccc(F)cc1. The largest absolute Gasteiger partial charge is 0.292 e. The molecular formula is C23H18ClFN2O4. The number of carbonyl (C=O) groups is 4. The van der Waals surface area contributed by atoms with Crippen LogP contribution >= 0.6 is 11.6 Å². The second-order valence-corrected chi connectivity index (χ2v) is 7.88. The predicted molar refractivity (Wildman–Crippen MR) is 110 cm³/mol. The van der Waals surface area contributed by atoms with Crippen molar-refractivity contribution in [3.05, 3.63) is 82.6 Å². The van der Waals surface area contributed by atoms with Crippen molar-refractivity contribution in [3.8, 4) is 0 Å². The summed E-state index contributed by atoms with van der Waals surface area (Å²) in [5, 5.41) is 2.11. The minimum Gasteiger partial charge on any atom is -0.292 e. The lowest BCUT2D eigenvalue weighted by Gasteiger charge is -2.30. The Bertz CT molecular complexity index is 1060. The summed E-state index contributed by atoms with van der Waals surface area (Å²) in [6, 6.07) is 10.8. The lowest BCUT2D eigenvalue weighted by Crippen LogP contribution is -2.52. The summed E-state index contributed by atoms with van der Waals surface area (Å²) >= 11 is 5.89. The first-order chi connectivity index (χ1) is 14.9. The number of carbonyl (C=O) groups excluding carboxylic acids is 4. The fourth-order valence-electron chi connectivity index (χ4n) is 3.86. The van der Waals surface area contributed by atoms with Crippen molar-refractivity contribution in [2.24, 2.45) is 11.8 Å². The molecule has 2 aromatic rings. The summed E-state index contributed by atoms with van der Waals surface area (Å²) in [4.78, 5) is 52.2. The molecule has 0 radical (unpaired) electrons. The van der Waals surface area contributed by atoms with Gasteiger partial charge in [-0.15, -0.1) is 0 Å². The van der Waals surface area contributed by atoms with Gasteiger partial charge in [-0.05, 0) is 61.4 Å². The quantitative estimate of drug-likeness (QED) is 0.404. The highest BCUT2D eigenvalue weighted by atomic mass is 35.5. The Labute approximate surface area is 182 Å². The third-order valence-corrected chi connectivity index (χ3v) is 5.76. The van der Waals surface area contributed by atoms with Crippen LogP contribution < -0.4 is 0 Å². The Hall–Kier alpha value is -3.32. The van der Waals surface area contributed by atoms with E-state index in [0.29, 0.717) is 17.9 Å². The van der Waals surface area contributed by atoms with Crippen LogP contribution in [-0.2, 0) is 9.59 Å². The second kappa shape index (κ2) is 8.43. The maximum Gasteiger partial charge on any atom is 0.273 e. The molecular weight excluding hydrogens is 423 g/mol. The molecule has 4 rings (SSSR count). The highest BCUT2D eigenvalue weighted by Gasteiger charge is 2.51. The maximum absolute atomic E-state index is 13.3. The molecule has 0 N–H and O–H groups in total. The molecule has 0 unspecified atom stereocenters. The molecule has 1 fully saturated rings. The van der Waals surface area contributed by atoms with Gasteiger partial charge < -0.3 is 0 Å². The van der Waals surface area contributed by atoms with E-state index < -0.39 is 47.7 Å². The van der Waals surface area contributed by atoms with Crippen molar-refractivity contribution in [2.45, 2.75) is 12.8 Å². The summed E-state index contributed by atoms with van der Waals surface area (Å²) in [6.07, 6.45) is 4.48. The van der Waals surface area contributed by atoms with Crippen LogP contribution in [0.2, 0.25) is 5.02 Å². The first-order valence-corrected chi connectivity index (χ1v) is 10.1. The van der Waals surface area contributed by atoms with Crippen LogP contribution in [0.5, 0.6) is 0 Å². The molecule has 2 aliphatic rings. The van der Waals surface area contributed by atoms with Gasteiger partial charge in [0, 0.05) is 16.1 Å². The van der Waals surface area contributed by atoms with E-state index in [2.05, 4.69) is 0 Å². The van der Waals surface area contributed by atoms with E-state index in [-0.39, 0.29) is 11.1 Å². The topological polar surface area (TPSA) is 74.8 Å².